The number of thiophene rings is 1. The van der Waals surface area contributed by atoms with Gasteiger partial charge in [-0.2, -0.15) is 0 Å². The number of sulfonamides is 1. The molecule has 0 saturated carbocycles. The van der Waals surface area contributed by atoms with Crippen molar-refractivity contribution in [2.45, 2.75) is 18.2 Å². The molecule has 1 aliphatic heterocycles. The van der Waals surface area contributed by atoms with Gasteiger partial charge in [-0.25, -0.2) is 8.42 Å². The zero-order chi connectivity index (χ0) is 22.5. The molecule has 10 heteroatoms. The number of ether oxygens (including phenoxy) is 3. The molecule has 0 aliphatic carbocycles. The van der Waals surface area contributed by atoms with Crippen LogP contribution in [0, 0.1) is 6.92 Å². The maximum Gasteiger partial charge on any atom is 0.270 e. The summed E-state index contributed by atoms with van der Waals surface area (Å²) in [5, 5.41) is 4.50. The lowest BCUT2D eigenvalue weighted by atomic mass is 10.0. The molecule has 0 unspecified atom stereocenters. The van der Waals surface area contributed by atoms with E-state index in [2.05, 4.69) is 28.9 Å². The number of rotatable bonds is 6. The quantitative estimate of drug-likeness (QED) is 0.437. The molecule has 0 radical (unpaired) electrons. The lowest BCUT2D eigenvalue weighted by Crippen LogP contribution is -2.15. The van der Waals surface area contributed by atoms with Crippen LogP contribution in [0.5, 0.6) is 17.2 Å². The second-order valence-electron chi connectivity index (χ2n) is 7.24. The molecule has 3 heterocycles. The Morgan fingerprint density at radius 2 is 1.88 bits per heavy atom. The number of nitrogens with one attached hydrogen (secondary N) is 1. The number of fused-ring (bicyclic) bond motifs is 3. The molecule has 0 spiro atoms. The smallest absolute Gasteiger partial charge is 0.270 e. The Bertz CT molecular complexity index is 1420. The number of nitrogens with zero attached hydrogens (tertiary/aromatic N) is 1. The first-order valence-electron chi connectivity index (χ1n) is 9.81. The van der Waals surface area contributed by atoms with Crippen LogP contribution < -0.4 is 18.9 Å². The molecule has 5 rings (SSSR count). The average molecular weight is 473 g/mol. The van der Waals surface area contributed by atoms with E-state index < -0.39 is 10.0 Å². The predicted octanol–water partition coefficient (Wildman–Crippen LogP) is 4.62. The van der Waals surface area contributed by atoms with Crippen LogP contribution >= 0.6 is 11.3 Å². The van der Waals surface area contributed by atoms with E-state index in [0.29, 0.717) is 23.3 Å². The van der Waals surface area contributed by atoms with Crippen LogP contribution in [-0.4, -0.2) is 34.4 Å². The Kier molecular flexibility index (Phi) is 4.98. The summed E-state index contributed by atoms with van der Waals surface area (Å²) in [6.07, 6.45) is 0.718. The zero-order valence-corrected chi connectivity index (χ0v) is 19.2. The minimum atomic E-state index is -4.11. The van der Waals surface area contributed by atoms with Gasteiger partial charge < -0.3 is 18.7 Å². The van der Waals surface area contributed by atoms with Gasteiger partial charge in [0, 0.05) is 27.3 Å². The molecular weight excluding hydrogens is 452 g/mol. The number of benzene rings is 2. The molecule has 0 atom stereocenters. The molecule has 32 heavy (non-hydrogen) atoms. The average Bonchev–Trinajstić information content (AvgIpc) is 3.52. The van der Waals surface area contributed by atoms with Crippen molar-refractivity contribution < 1.29 is 27.2 Å². The van der Waals surface area contributed by atoms with Crippen molar-refractivity contribution in [1.29, 1.82) is 0 Å². The van der Waals surface area contributed by atoms with E-state index >= 15 is 0 Å². The van der Waals surface area contributed by atoms with E-state index in [9.17, 15) is 8.42 Å². The summed E-state index contributed by atoms with van der Waals surface area (Å²) in [6, 6.07) is 10.8. The molecule has 8 nitrogen and oxygen atoms in total. The van der Waals surface area contributed by atoms with Crippen LogP contribution in [0.1, 0.15) is 10.4 Å². The molecule has 0 bridgehead atoms. The second kappa shape index (κ2) is 7.72. The number of aromatic nitrogens is 1. The summed E-state index contributed by atoms with van der Waals surface area (Å²) in [4.78, 5) is 2.18. The van der Waals surface area contributed by atoms with Crippen molar-refractivity contribution in [3.05, 3.63) is 46.8 Å². The van der Waals surface area contributed by atoms with Crippen molar-refractivity contribution in [3.63, 3.8) is 0 Å². The molecule has 1 N–H and O–H groups in total. The highest BCUT2D eigenvalue weighted by molar-refractivity contribution is 7.93. The maximum absolute atomic E-state index is 13.3. The van der Waals surface area contributed by atoms with E-state index in [-0.39, 0.29) is 22.2 Å². The largest absolute Gasteiger partial charge is 0.495 e. The van der Waals surface area contributed by atoms with Gasteiger partial charge in [-0.1, -0.05) is 11.2 Å². The van der Waals surface area contributed by atoms with Gasteiger partial charge in [0.05, 0.1) is 20.8 Å². The number of aryl methyl sites for hydroxylation is 1. The highest BCUT2D eigenvalue weighted by Crippen LogP contribution is 2.46. The third-order valence-corrected chi connectivity index (χ3v) is 7.74. The first kappa shape index (κ1) is 20.7. The summed E-state index contributed by atoms with van der Waals surface area (Å²) in [6.45, 7) is 2.56. The standard InChI is InChI=1S/C22H20N2O6S2/c1-12-7-8-18(31-12)14-11-17-19(20-13(14)9-10-29-20)22(23-30-17)24-32(25,26)21-15(27-2)5-4-6-16(21)28-3/h4-8,11H,9-10H2,1-3H3,(H,23,24). The van der Waals surface area contributed by atoms with E-state index in [0.717, 1.165) is 22.4 Å². The highest BCUT2D eigenvalue weighted by Gasteiger charge is 2.30. The first-order valence-corrected chi connectivity index (χ1v) is 12.1. The van der Waals surface area contributed by atoms with E-state index in [4.69, 9.17) is 18.7 Å². The van der Waals surface area contributed by atoms with E-state index in [1.54, 1.807) is 29.5 Å². The summed E-state index contributed by atoms with van der Waals surface area (Å²) < 4.78 is 51.1. The van der Waals surface area contributed by atoms with Gasteiger partial charge >= 0.3 is 0 Å². The molecular formula is C22H20N2O6S2. The van der Waals surface area contributed by atoms with Crippen molar-refractivity contribution in [1.82, 2.24) is 5.16 Å². The molecule has 0 saturated heterocycles. The zero-order valence-electron chi connectivity index (χ0n) is 17.6. The van der Waals surface area contributed by atoms with Crippen LogP contribution in [0.25, 0.3) is 21.4 Å². The van der Waals surface area contributed by atoms with Gasteiger partial charge in [0.2, 0.25) is 0 Å². The van der Waals surface area contributed by atoms with Crippen LogP contribution in [-0.2, 0) is 16.4 Å². The Labute approximate surface area is 188 Å². The molecule has 2 aromatic carbocycles. The SMILES string of the molecule is COc1cccc(OC)c1S(=O)(=O)Nc1noc2cc(-c3ccc(C)s3)c3c(c12)OCC3. The summed E-state index contributed by atoms with van der Waals surface area (Å²) in [5.74, 6) is 0.956. The Morgan fingerprint density at radius 3 is 2.53 bits per heavy atom. The van der Waals surface area contributed by atoms with Crippen LogP contribution in [0.4, 0.5) is 5.82 Å². The number of hydrogen-bond donors (Lipinski definition) is 1. The van der Waals surface area contributed by atoms with E-state index in [1.807, 2.05) is 6.07 Å². The molecule has 2 aromatic heterocycles. The van der Waals surface area contributed by atoms with Gasteiger partial charge in [-0.3, -0.25) is 4.72 Å². The van der Waals surface area contributed by atoms with Crippen molar-refractivity contribution in [2.24, 2.45) is 0 Å². The van der Waals surface area contributed by atoms with Crippen molar-refractivity contribution >= 4 is 38.1 Å². The molecule has 0 fully saturated rings. The summed E-state index contributed by atoms with van der Waals surface area (Å²) >= 11 is 1.68. The molecule has 166 valence electrons. The summed E-state index contributed by atoms with van der Waals surface area (Å²) in [5.41, 5.74) is 2.47. The predicted molar refractivity (Wildman–Crippen MR) is 122 cm³/mol. The molecule has 1 aliphatic rings. The molecule has 4 aromatic rings. The number of anilines is 1. The fourth-order valence-electron chi connectivity index (χ4n) is 3.90. The maximum atomic E-state index is 13.3. The Morgan fingerprint density at radius 1 is 1.12 bits per heavy atom. The van der Waals surface area contributed by atoms with Crippen LogP contribution in [0.2, 0.25) is 0 Å². The topological polar surface area (TPSA) is 99.9 Å². The van der Waals surface area contributed by atoms with Gasteiger partial charge in [0.1, 0.15) is 22.6 Å². The molecule has 0 amide bonds. The lowest BCUT2D eigenvalue weighted by Gasteiger charge is -2.14. The minimum Gasteiger partial charge on any atom is -0.495 e. The first-order chi connectivity index (χ1) is 15.4. The van der Waals surface area contributed by atoms with Crippen LogP contribution in [0.3, 0.4) is 0 Å². The number of methoxy groups -OCH3 is 2. The van der Waals surface area contributed by atoms with Crippen molar-refractivity contribution in [3.8, 4) is 27.7 Å². The van der Waals surface area contributed by atoms with Crippen LogP contribution in [0.15, 0.2) is 45.8 Å². The van der Waals surface area contributed by atoms with Gasteiger partial charge in [0.15, 0.2) is 16.3 Å². The number of hydrogen-bond acceptors (Lipinski definition) is 8. The Hall–Kier alpha value is -3.24. The fourth-order valence-corrected chi connectivity index (χ4v) is 6.14. The van der Waals surface area contributed by atoms with Gasteiger partial charge in [-0.15, -0.1) is 11.3 Å². The monoisotopic (exact) mass is 472 g/mol. The second-order valence-corrected chi connectivity index (χ2v) is 10.1. The lowest BCUT2D eigenvalue weighted by molar-refractivity contribution is 0.360. The Balaban J connectivity index is 1.64. The third-order valence-electron chi connectivity index (χ3n) is 5.31. The normalized spacial score (nSPS) is 13.1. The van der Waals surface area contributed by atoms with Gasteiger partial charge in [-0.05, 0) is 37.3 Å². The van der Waals surface area contributed by atoms with E-state index in [1.165, 1.54) is 19.1 Å². The fraction of sp³-hybridized carbons (Fsp3) is 0.227. The van der Waals surface area contributed by atoms with Gasteiger partial charge in [0.25, 0.3) is 10.0 Å². The third kappa shape index (κ3) is 3.26. The van der Waals surface area contributed by atoms with Crippen molar-refractivity contribution in [2.75, 3.05) is 25.5 Å². The summed E-state index contributed by atoms with van der Waals surface area (Å²) in [7, 11) is -1.32. The highest BCUT2D eigenvalue weighted by atomic mass is 32.2. The minimum absolute atomic E-state index is 0.0556.